The minimum Gasteiger partial charge on any atom is -0.497 e. The molecule has 1 saturated carbocycles. The number of aromatic nitrogens is 1. The number of nitrogens with one attached hydrogen (secondary N) is 1. The van der Waals surface area contributed by atoms with Crippen LogP contribution < -0.4 is 10.1 Å². The highest BCUT2D eigenvalue weighted by atomic mass is 16.5. The Hall–Kier alpha value is -2.30. The summed E-state index contributed by atoms with van der Waals surface area (Å²) in [4.78, 5) is 16.7. The number of hydrogen-bond acceptors (Lipinski definition) is 4. The van der Waals surface area contributed by atoms with Crippen LogP contribution in [0.25, 0.3) is 0 Å². The molecule has 22 heavy (non-hydrogen) atoms. The molecule has 5 heteroatoms. The van der Waals surface area contributed by atoms with Gasteiger partial charge in [-0.3, -0.25) is 4.79 Å². The van der Waals surface area contributed by atoms with Crippen molar-refractivity contribution in [3.63, 3.8) is 0 Å². The van der Waals surface area contributed by atoms with Crippen molar-refractivity contribution >= 4 is 5.91 Å². The van der Waals surface area contributed by atoms with E-state index in [9.17, 15) is 4.79 Å². The van der Waals surface area contributed by atoms with Gasteiger partial charge in [0.05, 0.1) is 25.3 Å². The lowest BCUT2D eigenvalue weighted by Crippen LogP contribution is -2.48. The van der Waals surface area contributed by atoms with E-state index in [1.807, 2.05) is 24.3 Å². The summed E-state index contributed by atoms with van der Waals surface area (Å²) in [5.41, 5.74) is 0.632. The lowest BCUT2D eigenvalue weighted by molar-refractivity contribution is -0.130. The Labute approximate surface area is 129 Å². The lowest BCUT2D eigenvalue weighted by Gasteiger charge is -2.40. The molecule has 1 aromatic carbocycles. The minimum absolute atomic E-state index is 0.0537. The third-order valence-electron chi connectivity index (χ3n) is 4.38. The molecular formula is C17H20N2O3. The molecule has 0 spiro atoms. The molecule has 0 radical (unpaired) electrons. The minimum atomic E-state index is -0.415. The van der Waals surface area contributed by atoms with Crippen LogP contribution in [0.1, 0.15) is 36.5 Å². The molecule has 5 nitrogen and oxygen atoms in total. The number of aryl methyl sites for hydroxylation is 1. The van der Waals surface area contributed by atoms with Crippen molar-refractivity contribution in [3.8, 4) is 5.75 Å². The third kappa shape index (κ3) is 2.58. The Morgan fingerprint density at radius 3 is 2.59 bits per heavy atom. The maximum Gasteiger partial charge on any atom is 0.231 e. The summed E-state index contributed by atoms with van der Waals surface area (Å²) in [6.45, 7) is 2.16. The van der Waals surface area contributed by atoms with E-state index in [-0.39, 0.29) is 5.91 Å². The first-order chi connectivity index (χ1) is 10.6. The number of rotatable bonds is 5. The number of benzene rings is 1. The predicted molar refractivity (Wildman–Crippen MR) is 81.6 cm³/mol. The quantitative estimate of drug-likeness (QED) is 0.922. The average Bonchev–Trinajstić information content (AvgIpc) is 2.90. The molecule has 1 heterocycles. The number of carbonyl (C=O) groups excluding carboxylic acids is 1. The largest absolute Gasteiger partial charge is 0.497 e. The van der Waals surface area contributed by atoms with Crippen LogP contribution in [0.5, 0.6) is 5.75 Å². The second kappa shape index (κ2) is 5.83. The molecule has 0 saturated heterocycles. The van der Waals surface area contributed by atoms with Crippen molar-refractivity contribution in [1.82, 2.24) is 10.3 Å². The molecule has 1 aromatic heterocycles. The number of carbonyl (C=O) groups is 1. The normalized spacial score (nSPS) is 15.9. The zero-order valence-electron chi connectivity index (χ0n) is 12.9. The summed E-state index contributed by atoms with van der Waals surface area (Å²) in [6, 6.07) is 7.78. The number of amides is 1. The van der Waals surface area contributed by atoms with E-state index in [4.69, 9.17) is 9.15 Å². The van der Waals surface area contributed by atoms with Crippen molar-refractivity contribution in [3.05, 3.63) is 47.7 Å². The molecule has 1 aliphatic carbocycles. The van der Waals surface area contributed by atoms with Crippen molar-refractivity contribution < 1.29 is 13.9 Å². The molecular weight excluding hydrogens is 280 g/mol. The Morgan fingerprint density at radius 2 is 2.09 bits per heavy atom. The van der Waals surface area contributed by atoms with Crippen LogP contribution in [0.15, 0.2) is 34.9 Å². The Balaban J connectivity index is 1.72. The van der Waals surface area contributed by atoms with Gasteiger partial charge in [0.25, 0.3) is 0 Å². The predicted octanol–water partition coefficient (Wildman–Crippen LogP) is 2.73. The summed E-state index contributed by atoms with van der Waals surface area (Å²) in [5.74, 6) is 2.14. The van der Waals surface area contributed by atoms with E-state index in [0.29, 0.717) is 18.2 Å². The summed E-state index contributed by atoms with van der Waals surface area (Å²) in [6.07, 6.45) is 4.47. The van der Waals surface area contributed by atoms with Crippen molar-refractivity contribution in [2.45, 2.75) is 38.1 Å². The first-order valence-electron chi connectivity index (χ1n) is 7.48. The maximum absolute atomic E-state index is 12.7. The first kappa shape index (κ1) is 14.6. The highest BCUT2D eigenvalue weighted by molar-refractivity contribution is 5.89. The van der Waals surface area contributed by atoms with Crippen LogP contribution in [0.2, 0.25) is 0 Å². The molecule has 0 unspecified atom stereocenters. The molecule has 116 valence electrons. The molecule has 0 atom stereocenters. The van der Waals surface area contributed by atoms with E-state index >= 15 is 0 Å². The van der Waals surface area contributed by atoms with Crippen LogP contribution >= 0.6 is 0 Å². The third-order valence-corrected chi connectivity index (χ3v) is 4.38. The fraction of sp³-hybridized carbons (Fsp3) is 0.412. The summed E-state index contributed by atoms with van der Waals surface area (Å²) in [7, 11) is 1.64. The van der Waals surface area contributed by atoms with Gasteiger partial charge in [0, 0.05) is 6.92 Å². The van der Waals surface area contributed by atoms with Crippen molar-refractivity contribution in [2.24, 2.45) is 0 Å². The van der Waals surface area contributed by atoms with E-state index < -0.39 is 5.41 Å². The van der Waals surface area contributed by atoms with Gasteiger partial charge in [-0.05, 0) is 30.5 Å². The monoisotopic (exact) mass is 300 g/mol. The van der Waals surface area contributed by atoms with E-state index in [1.165, 1.54) is 0 Å². The molecule has 0 aliphatic heterocycles. The van der Waals surface area contributed by atoms with Crippen LogP contribution in [-0.4, -0.2) is 18.0 Å². The highest BCUT2D eigenvalue weighted by Gasteiger charge is 2.45. The fourth-order valence-corrected chi connectivity index (χ4v) is 2.91. The van der Waals surface area contributed by atoms with Gasteiger partial charge in [0.15, 0.2) is 5.89 Å². The lowest BCUT2D eigenvalue weighted by atomic mass is 9.64. The molecule has 1 fully saturated rings. The van der Waals surface area contributed by atoms with Crippen LogP contribution in [0.3, 0.4) is 0 Å². The van der Waals surface area contributed by atoms with Crippen molar-refractivity contribution in [2.75, 3.05) is 7.11 Å². The second-order valence-corrected chi connectivity index (χ2v) is 5.69. The Kier molecular flexibility index (Phi) is 3.88. The van der Waals surface area contributed by atoms with Gasteiger partial charge >= 0.3 is 0 Å². The van der Waals surface area contributed by atoms with E-state index in [0.717, 1.165) is 30.6 Å². The second-order valence-electron chi connectivity index (χ2n) is 5.69. The Bertz CT molecular complexity index is 657. The first-order valence-corrected chi connectivity index (χ1v) is 7.48. The maximum atomic E-state index is 12.7. The van der Waals surface area contributed by atoms with Crippen LogP contribution in [-0.2, 0) is 16.8 Å². The molecule has 1 aliphatic rings. The molecule has 1 N–H and O–H groups in total. The van der Waals surface area contributed by atoms with Gasteiger partial charge in [-0.2, -0.15) is 0 Å². The molecule has 2 aromatic rings. The number of nitrogens with zero attached hydrogens (tertiary/aromatic N) is 1. The number of methoxy groups -OCH3 is 1. The van der Waals surface area contributed by atoms with E-state index in [2.05, 4.69) is 10.3 Å². The van der Waals surface area contributed by atoms with Gasteiger partial charge in [-0.1, -0.05) is 18.6 Å². The molecule has 0 bridgehead atoms. The van der Waals surface area contributed by atoms with Gasteiger partial charge in [0.1, 0.15) is 11.5 Å². The van der Waals surface area contributed by atoms with Crippen LogP contribution in [0, 0.1) is 6.92 Å². The Morgan fingerprint density at radius 1 is 1.36 bits per heavy atom. The number of ether oxygens (including phenoxy) is 1. The number of oxazole rings is 1. The summed E-state index contributed by atoms with van der Waals surface area (Å²) < 4.78 is 10.6. The smallest absolute Gasteiger partial charge is 0.231 e. The fourth-order valence-electron chi connectivity index (χ4n) is 2.91. The van der Waals surface area contributed by atoms with Gasteiger partial charge in [-0.15, -0.1) is 0 Å². The summed E-state index contributed by atoms with van der Waals surface area (Å²) in [5, 5.41) is 2.98. The summed E-state index contributed by atoms with van der Waals surface area (Å²) >= 11 is 0. The van der Waals surface area contributed by atoms with Gasteiger partial charge < -0.3 is 14.5 Å². The van der Waals surface area contributed by atoms with Crippen molar-refractivity contribution in [1.29, 1.82) is 0 Å². The number of hydrogen-bond donors (Lipinski definition) is 1. The SMILES string of the molecule is COc1ccc(C2(C(=O)NCc3cnc(C)o3)CCC2)cc1. The standard InChI is InChI=1S/C17H20N2O3/c1-12-18-10-15(22-12)11-19-16(20)17(8-3-9-17)13-4-6-14(21-2)7-5-13/h4-7,10H,3,8-9,11H2,1-2H3,(H,19,20). The average molecular weight is 300 g/mol. The molecule has 1 amide bonds. The topological polar surface area (TPSA) is 64.4 Å². The zero-order chi connectivity index (χ0) is 15.6. The van der Waals surface area contributed by atoms with Gasteiger partial charge in [-0.25, -0.2) is 4.98 Å². The zero-order valence-corrected chi connectivity index (χ0v) is 12.9. The highest BCUT2D eigenvalue weighted by Crippen LogP contribution is 2.44. The van der Waals surface area contributed by atoms with Gasteiger partial charge in [0.2, 0.25) is 5.91 Å². The van der Waals surface area contributed by atoms with Crippen LogP contribution in [0.4, 0.5) is 0 Å². The van der Waals surface area contributed by atoms with E-state index in [1.54, 1.807) is 20.2 Å². The molecule has 3 rings (SSSR count).